The molecule has 0 aromatic heterocycles. The molecule has 2 saturated carbocycles. The Morgan fingerprint density at radius 2 is 2.11 bits per heavy atom. The molecule has 4 heteroatoms. The van der Waals surface area contributed by atoms with E-state index in [0.717, 1.165) is 0 Å². The third-order valence-corrected chi connectivity index (χ3v) is 5.23. The maximum absolute atomic E-state index is 11.7. The molecule has 3 aliphatic rings. The molecule has 0 aromatic rings. The Bertz CT molecular complexity index is 465. The minimum Gasteiger partial charge on any atom is -0.458 e. The molecule has 0 spiro atoms. The van der Waals surface area contributed by atoms with Crippen LogP contribution in [-0.4, -0.2) is 34.0 Å². The van der Waals surface area contributed by atoms with Gasteiger partial charge in [0.1, 0.15) is 6.10 Å². The molecule has 0 aromatic carbocycles. The minimum atomic E-state index is -0.859. The number of fused-ring (bicyclic) bond motifs is 3. The van der Waals surface area contributed by atoms with E-state index >= 15 is 0 Å². The highest BCUT2D eigenvalue weighted by molar-refractivity contribution is 5.90. The van der Waals surface area contributed by atoms with E-state index in [-0.39, 0.29) is 29.8 Å². The van der Waals surface area contributed by atoms with E-state index in [9.17, 15) is 15.0 Å². The number of ether oxygens (including phenoxy) is 1. The molecule has 1 saturated heterocycles. The Kier molecular flexibility index (Phi) is 2.67. The molecule has 0 unspecified atom stereocenters. The maximum atomic E-state index is 11.7. The number of aliphatic hydroxyl groups excluding tert-OH is 1. The van der Waals surface area contributed by atoms with Crippen LogP contribution in [0.15, 0.2) is 24.3 Å². The fourth-order valence-corrected chi connectivity index (χ4v) is 4.03. The van der Waals surface area contributed by atoms with Crippen molar-refractivity contribution in [2.45, 2.75) is 44.0 Å². The van der Waals surface area contributed by atoms with Crippen LogP contribution in [-0.2, 0) is 9.53 Å². The van der Waals surface area contributed by atoms with Crippen molar-refractivity contribution < 1.29 is 19.7 Å². The summed E-state index contributed by atoms with van der Waals surface area (Å²) in [6.45, 7) is 9.58. The predicted octanol–water partition coefficient (Wildman–Crippen LogP) is 1.18. The Morgan fingerprint density at radius 3 is 2.79 bits per heavy atom. The van der Waals surface area contributed by atoms with Crippen LogP contribution < -0.4 is 0 Å². The number of carbonyl (C=O) groups is 1. The molecule has 19 heavy (non-hydrogen) atoms. The van der Waals surface area contributed by atoms with Crippen LogP contribution in [0.25, 0.3) is 0 Å². The van der Waals surface area contributed by atoms with Gasteiger partial charge in [-0.25, -0.2) is 4.79 Å². The Hall–Kier alpha value is -1.13. The first-order valence-electron chi connectivity index (χ1n) is 6.82. The largest absolute Gasteiger partial charge is 0.458 e. The van der Waals surface area contributed by atoms with E-state index < -0.39 is 11.7 Å². The van der Waals surface area contributed by atoms with Gasteiger partial charge in [-0.05, 0) is 31.8 Å². The Balaban J connectivity index is 2.03. The summed E-state index contributed by atoms with van der Waals surface area (Å²) in [5.41, 5.74) is 0.322. The summed E-state index contributed by atoms with van der Waals surface area (Å²) in [6, 6.07) is 0. The van der Waals surface area contributed by atoms with Gasteiger partial charge in [-0.1, -0.05) is 13.2 Å². The third kappa shape index (κ3) is 1.70. The zero-order chi connectivity index (χ0) is 13.9. The average Bonchev–Trinajstić information content (AvgIpc) is 2.74. The molecule has 1 aliphatic heterocycles. The van der Waals surface area contributed by atoms with Crippen molar-refractivity contribution >= 4 is 5.97 Å². The van der Waals surface area contributed by atoms with E-state index in [1.807, 2.05) is 6.92 Å². The summed E-state index contributed by atoms with van der Waals surface area (Å²) in [6.07, 6.45) is 0.837. The van der Waals surface area contributed by atoms with E-state index in [1.165, 1.54) is 0 Å². The summed E-state index contributed by atoms with van der Waals surface area (Å²) < 4.78 is 5.46. The lowest BCUT2D eigenvalue weighted by Crippen LogP contribution is -2.39. The molecule has 3 rings (SSSR count). The van der Waals surface area contributed by atoms with E-state index in [0.29, 0.717) is 30.4 Å². The molecule has 6 atom stereocenters. The molecule has 1 heterocycles. The summed E-state index contributed by atoms with van der Waals surface area (Å²) in [5, 5.41) is 20.7. The van der Waals surface area contributed by atoms with Crippen molar-refractivity contribution in [3.63, 3.8) is 0 Å². The van der Waals surface area contributed by atoms with E-state index in [4.69, 9.17) is 4.74 Å². The number of hydrogen-bond donors (Lipinski definition) is 2. The van der Waals surface area contributed by atoms with Crippen molar-refractivity contribution in [1.82, 2.24) is 0 Å². The molecule has 3 fully saturated rings. The zero-order valence-electron chi connectivity index (χ0n) is 11.1. The number of aliphatic hydroxyl groups is 2. The second kappa shape index (κ2) is 3.93. The van der Waals surface area contributed by atoms with Gasteiger partial charge in [-0.3, -0.25) is 0 Å². The molecular formula is C15H20O4. The van der Waals surface area contributed by atoms with E-state index in [1.54, 1.807) is 0 Å². The SMILES string of the molecule is C=C1[C@@H]2[C@H]3OC(=O)C(=C)[C@@H]3CC[C@](C)(O)[C@@H]2C[C@@H]1O. The maximum Gasteiger partial charge on any atom is 0.334 e. The van der Waals surface area contributed by atoms with Crippen LogP contribution in [0.5, 0.6) is 0 Å². The van der Waals surface area contributed by atoms with Gasteiger partial charge in [0, 0.05) is 23.3 Å². The molecule has 0 amide bonds. The molecular weight excluding hydrogens is 244 g/mol. The van der Waals surface area contributed by atoms with Crippen molar-refractivity contribution in [2.24, 2.45) is 17.8 Å². The van der Waals surface area contributed by atoms with Gasteiger partial charge in [-0.2, -0.15) is 0 Å². The van der Waals surface area contributed by atoms with Crippen molar-refractivity contribution in [3.8, 4) is 0 Å². The lowest BCUT2D eigenvalue weighted by atomic mass is 9.78. The van der Waals surface area contributed by atoms with Crippen molar-refractivity contribution in [3.05, 3.63) is 24.3 Å². The van der Waals surface area contributed by atoms with Gasteiger partial charge in [0.05, 0.1) is 11.7 Å². The average molecular weight is 264 g/mol. The lowest BCUT2D eigenvalue weighted by molar-refractivity contribution is -0.142. The highest BCUT2D eigenvalue weighted by Crippen LogP contribution is 2.53. The third-order valence-electron chi connectivity index (χ3n) is 5.23. The fraction of sp³-hybridized carbons (Fsp3) is 0.667. The first-order chi connectivity index (χ1) is 8.83. The first-order valence-corrected chi connectivity index (χ1v) is 6.82. The molecule has 2 N–H and O–H groups in total. The zero-order valence-corrected chi connectivity index (χ0v) is 11.1. The van der Waals surface area contributed by atoms with Crippen LogP contribution in [0.2, 0.25) is 0 Å². The molecule has 2 aliphatic carbocycles. The standard InChI is InChI=1S/C15H20O4/c1-7-9-4-5-15(3,18)10-6-11(16)8(2)12(10)13(9)19-14(7)17/h9-13,16,18H,1-2,4-6H2,3H3/t9-,10+,11-,12-,13-,15-/m0/s1. The normalized spacial score (nSPS) is 49.6. The van der Waals surface area contributed by atoms with Crippen LogP contribution in [0.3, 0.4) is 0 Å². The summed E-state index contributed by atoms with van der Waals surface area (Å²) in [5.74, 6) is -0.676. The van der Waals surface area contributed by atoms with Gasteiger partial charge in [-0.15, -0.1) is 0 Å². The predicted molar refractivity (Wildman–Crippen MR) is 69.1 cm³/mol. The highest BCUT2D eigenvalue weighted by atomic mass is 16.6. The topological polar surface area (TPSA) is 66.8 Å². The van der Waals surface area contributed by atoms with Crippen LogP contribution in [0, 0.1) is 17.8 Å². The van der Waals surface area contributed by atoms with Crippen LogP contribution in [0.4, 0.5) is 0 Å². The summed E-state index contributed by atoms with van der Waals surface area (Å²) in [7, 11) is 0. The molecule has 0 radical (unpaired) electrons. The van der Waals surface area contributed by atoms with Gasteiger partial charge in [0.15, 0.2) is 0 Å². The molecule has 0 bridgehead atoms. The summed E-state index contributed by atoms with van der Waals surface area (Å²) in [4.78, 5) is 11.7. The lowest BCUT2D eigenvalue weighted by Gasteiger charge is -2.33. The van der Waals surface area contributed by atoms with Gasteiger partial charge in [0.2, 0.25) is 0 Å². The Labute approximate surface area is 112 Å². The fourth-order valence-electron chi connectivity index (χ4n) is 4.03. The molecule has 104 valence electrons. The highest BCUT2D eigenvalue weighted by Gasteiger charge is 2.57. The number of rotatable bonds is 0. The smallest absolute Gasteiger partial charge is 0.334 e. The van der Waals surface area contributed by atoms with Crippen LogP contribution in [0.1, 0.15) is 26.2 Å². The quantitative estimate of drug-likeness (QED) is 0.392. The number of hydrogen-bond acceptors (Lipinski definition) is 4. The monoisotopic (exact) mass is 264 g/mol. The Morgan fingerprint density at radius 1 is 1.42 bits per heavy atom. The van der Waals surface area contributed by atoms with Crippen LogP contribution >= 0.6 is 0 Å². The minimum absolute atomic E-state index is 0.0592. The number of esters is 1. The first kappa shape index (κ1) is 12.9. The van der Waals surface area contributed by atoms with Crippen molar-refractivity contribution in [2.75, 3.05) is 0 Å². The number of carbonyl (C=O) groups excluding carboxylic acids is 1. The second-order valence-electron chi connectivity index (χ2n) is 6.36. The van der Waals surface area contributed by atoms with E-state index in [2.05, 4.69) is 13.2 Å². The summed E-state index contributed by atoms with van der Waals surface area (Å²) >= 11 is 0. The van der Waals surface area contributed by atoms with Crippen molar-refractivity contribution in [1.29, 1.82) is 0 Å². The van der Waals surface area contributed by atoms with Gasteiger partial charge < -0.3 is 14.9 Å². The van der Waals surface area contributed by atoms with Gasteiger partial charge in [0.25, 0.3) is 0 Å². The molecule has 4 nitrogen and oxygen atoms in total. The van der Waals surface area contributed by atoms with Gasteiger partial charge >= 0.3 is 5.97 Å². The second-order valence-corrected chi connectivity index (χ2v) is 6.36.